The summed E-state index contributed by atoms with van der Waals surface area (Å²) in [5.74, 6) is -0.558. The number of nitrogens with one attached hydrogen (secondary N) is 2. The van der Waals surface area contributed by atoms with Gasteiger partial charge in [-0.1, -0.05) is 12.1 Å². The number of fused-ring (bicyclic) bond motifs is 1. The third-order valence-electron chi connectivity index (χ3n) is 3.23. The molecular weight excluding hydrogens is 269 g/mol. The van der Waals surface area contributed by atoms with E-state index < -0.39 is 0 Å². The molecule has 0 bridgehead atoms. The molecule has 0 spiro atoms. The van der Waals surface area contributed by atoms with Gasteiger partial charge in [0.15, 0.2) is 0 Å². The van der Waals surface area contributed by atoms with E-state index in [1.165, 1.54) is 12.1 Å². The normalized spacial score (nSPS) is 10.7. The summed E-state index contributed by atoms with van der Waals surface area (Å²) in [7, 11) is 0. The van der Waals surface area contributed by atoms with Crippen molar-refractivity contribution in [1.29, 1.82) is 0 Å². The maximum atomic E-state index is 13.1. The molecule has 5 heteroatoms. The van der Waals surface area contributed by atoms with Gasteiger partial charge in [-0.2, -0.15) is 0 Å². The van der Waals surface area contributed by atoms with Gasteiger partial charge in [0.1, 0.15) is 11.5 Å². The number of anilines is 1. The number of amides is 1. The van der Waals surface area contributed by atoms with Gasteiger partial charge in [0.2, 0.25) is 0 Å². The molecule has 3 aromatic rings. The van der Waals surface area contributed by atoms with Gasteiger partial charge in [-0.25, -0.2) is 4.39 Å². The predicted molar refractivity (Wildman–Crippen MR) is 80.3 cm³/mol. The molecule has 0 aliphatic rings. The van der Waals surface area contributed by atoms with Crippen LogP contribution in [0.4, 0.5) is 10.1 Å². The highest BCUT2D eigenvalue weighted by atomic mass is 19.1. The Morgan fingerprint density at radius 2 is 2.05 bits per heavy atom. The van der Waals surface area contributed by atoms with E-state index in [2.05, 4.69) is 10.3 Å². The summed E-state index contributed by atoms with van der Waals surface area (Å²) in [6.07, 6.45) is 0. The third kappa shape index (κ3) is 2.86. The van der Waals surface area contributed by atoms with Crippen LogP contribution in [0.15, 0.2) is 48.5 Å². The van der Waals surface area contributed by atoms with Crippen molar-refractivity contribution < 1.29 is 9.18 Å². The monoisotopic (exact) mass is 283 g/mol. The maximum Gasteiger partial charge on any atom is 0.267 e. The van der Waals surface area contributed by atoms with Crippen molar-refractivity contribution in [1.82, 2.24) is 10.3 Å². The Labute approximate surface area is 120 Å². The second-order valence-electron chi connectivity index (χ2n) is 4.84. The topological polar surface area (TPSA) is 70.9 Å². The lowest BCUT2D eigenvalue weighted by molar-refractivity contribution is 0.0946. The number of nitrogens with two attached hydrogens (primary N) is 1. The molecule has 0 aliphatic carbocycles. The van der Waals surface area contributed by atoms with E-state index >= 15 is 0 Å². The average Bonchev–Trinajstić information content (AvgIpc) is 2.88. The highest BCUT2D eigenvalue weighted by Gasteiger charge is 2.09. The number of carbonyl (C=O) groups is 1. The molecule has 1 heterocycles. The van der Waals surface area contributed by atoms with Crippen LogP contribution in [0.25, 0.3) is 10.9 Å². The smallest absolute Gasteiger partial charge is 0.267 e. The number of nitrogen functional groups attached to an aromatic ring is 1. The third-order valence-corrected chi connectivity index (χ3v) is 3.23. The number of hydrogen-bond acceptors (Lipinski definition) is 2. The van der Waals surface area contributed by atoms with Crippen molar-refractivity contribution in [3.63, 3.8) is 0 Å². The van der Waals surface area contributed by atoms with Crippen molar-refractivity contribution in [3.8, 4) is 0 Å². The van der Waals surface area contributed by atoms with Gasteiger partial charge in [0.25, 0.3) is 5.91 Å². The first-order chi connectivity index (χ1) is 10.1. The number of hydrogen-bond donors (Lipinski definition) is 3. The maximum absolute atomic E-state index is 13.1. The number of aromatic nitrogens is 1. The second-order valence-corrected chi connectivity index (χ2v) is 4.84. The quantitative estimate of drug-likeness (QED) is 0.647. The van der Waals surface area contributed by atoms with Gasteiger partial charge in [0.05, 0.1) is 0 Å². The first-order valence-corrected chi connectivity index (χ1v) is 6.53. The van der Waals surface area contributed by atoms with Gasteiger partial charge in [-0.3, -0.25) is 4.79 Å². The Morgan fingerprint density at radius 1 is 1.19 bits per heavy atom. The lowest BCUT2D eigenvalue weighted by atomic mass is 10.2. The van der Waals surface area contributed by atoms with Crippen LogP contribution in [0.2, 0.25) is 0 Å². The highest BCUT2D eigenvalue weighted by molar-refractivity contribution is 5.98. The number of halogens is 1. The van der Waals surface area contributed by atoms with E-state index in [1.807, 2.05) is 6.07 Å². The molecule has 0 fully saturated rings. The zero-order valence-electron chi connectivity index (χ0n) is 11.2. The molecule has 0 aliphatic heterocycles. The van der Waals surface area contributed by atoms with Gasteiger partial charge in [-0.05, 0) is 42.0 Å². The van der Waals surface area contributed by atoms with Crippen LogP contribution in [0.5, 0.6) is 0 Å². The van der Waals surface area contributed by atoms with Crippen molar-refractivity contribution in [2.24, 2.45) is 0 Å². The Bertz CT molecular complexity index is 810. The molecule has 1 aromatic heterocycles. The molecule has 2 aromatic carbocycles. The zero-order chi connectivity index (χ0) is 14.8. The number of H-pyrrole nitrogens is 1. The van der Waals surface area contributed by atoms with Crippen LogP contribution in [-0.2, 0) is 6.54 Å². The van der Waals surface area contributed by atoms with Gasteiger partial charge >= 0.3 is 0 Å². The molecule has 0 saturated heterocycles. The van der Waals surface area contributed by atoms with Crippen molar-refractivity contribution in [2.45, 2.75) is 6.54 Å². The van der Waals surface area contributed by atoms with Crippen molar-refractivity contribution >= 4 is 22.5 Å². The Balaban J connectivity index is 1.74. The van der Waals surface area contributed by atoms with Crippen LogP contribution < -0.4 is 11.1 Å². The molecule has 0 unspecified atom stereocenters. The standard InChI is InChI=1S/C16H14FN3O/c17-12-3-1-2-10(6-12)9-19-16(21)15-8-11-7-13(18)4-5-14(11)20-15/h1-8,20H,9,18H2,(H,19,21). The van der Waals surface area contributed by atoms with Crippen LogP contribution in [0.3, 0.4) is 0 Å². The molecule has 106 valence electrons. The Hall–Kier alpha value is -2.82. The minimum Gasteiger partial charge on any atom is -0.399 e. The van der Waals surface area contributed by atoms with Crippen LogP contribution in [0, 0.1) is 5.82 Å². The fourth-order valence-electron chi connectivity index (χ4n) is 2.20. The minimum atomic E-state index is -0.317. The first kappa shape index (κ1) is 13.2. The molecule has 4 nitrogen and oxygen atoms in total. The molecule has 0 radical (unpaired) electrons. The minimum absolute atomic E-state index is 0.242. The summed E-state index contributed by atoms with van der Waals surface area (Å²) in [4.78, 5) is 15.1. The van der Waals surface area contributed by atoms with E-state index in [4.69, 9.17) is 5.73 Å². The van der Waals surface area contributed by atoms with Gasteiger partial charge in [0, 0.05) is 23.1 Å². The average molecular weight is 283 g/mol. The lowest BCUT2D eigenvalue weighted by Crippen LogP contribution is -2.23. The Morgan fingerprint density at radius 3 is 2.86 bits per heavy atom. The summed E-state index contributed by atoms with van der Waals surface area (Å²) < 4.78 is 13.1. The fourth-order valence-corrected chi connectivity index (χ4v) is 2.20. The molecule has 0 saturated carbocycles. The number of aromatic amines is 1. The molecular formula is C16H14FN3O. The number of benzene rings is 2. The SMILES string of the molecule is Nc1ccc2[nH]c(C(=O)NCc3cccc(F)c3)cc2c1. The fraction of sp³-hybridized carbons (Fsp3) is 0.0625. The van der Waals surface area contributed by atoms with Crippen molar-refractivity contribution in [3.05, 3.63) is 65.6 Å². The predicted octanol–water partition coefficient (Wildman–Crippen LogP) is 2.82. The van der Waals surface area contributed by atoms with E-state index in [9.17, 15) is 9.18 Å². The van der Waals surface area contributed by atoms with Gasteiger partial charge in [-0.15, -0.1) is 0 Å². The summed E-state index contributed by atoms with van der Waals surface area (Å²) in [5, 5.41) is 3.63. The van der Waals surface area contributed by atoms with E-state index in [0.29, 0.717) is 16.9 Å². The van der Waals surface area contributed by atoms with E-state index in [0.717, 1.165) is 10.9 Å². The molecule has 0 atom stereocenters. The highest BCUT2D eigenvalue weighted by Crippen LogP contribution is 2.18. The van der Waals surface area contributed by atoms with Gasteiger partial charge < -0.3 is 16.0 Å². The molecule has 21 heavy (non-hydrogen) atoms. The van der Waals surface area contributed by atoms with Crippen LogP contribution in [0.1, 0.15) is 16.1 Å². The molecule has 4 N–H and O–H groups in total. The zero-order valence-corrected chi connectivity index (χ0v) is 11.2. The number of rotatable bonds is 3. The number of carbonyl (C=O) groups excluding carboxylic acids is 1. The van der Waals surface area contributed by atoms with Crippen LogP contribution >= 0.6 is 0 Å². The summed E-state index contributed by atoms with van der Waals surface area (Å²) in [6.45, 7) is 0.272. The Kier molecular flexibility index (Phi) is 3.31. The summed E-state index contributed by atoms with van der Waals surface area (Å²) >= 11 is 0. The first-order valence-electron chi connectivity index (χ1n) is 6.53. The van der Waals surface area contributed by atoms with E-state index in [-0.39, 0.29) is 18.3 Å². The van der Waals surface area contributed by atoms with Crippen molar-refractivity contribution in [2.75, 3.05) is 5.73 Å². The molecule has 3 rings (SSSR count). The summed E-state index contributed by atoms with van der Waals surface area (Å²) in [6, 6.07) is 13.3. The summed E-state index contributed by atoms with van der Waals surface area (Å²) in [5.41, 5.74) is 8.36. The largest absolute Gasteiger partial charge is 0.399 e. The lowest BCUT2D eigenvalue weighted by Gasteiger charge is -2.03. The van der Waals surface area contributed by atoms with Crippen LogP contribution in [-0.4, -0.2) is 10.9 Å². The van der Waals surface area contributed by atoms with E-state index in [1.54, 1.807) is 30.3 Å². The molecule has 1 amide bonds. The second kappa shape index (κ2) is 5.28.